The van der Waals surface area contributed by atoms with E-state index in [-0.39, 0.29) is 29.9 Å². The Labute approximate surface area is 107 Å². The van der Waals surface area contributed by atoms with Crippen molar-refractivity contribution in [3.8, 4) is 0 Å². The molecule has 18 heavy (non-hydrogen) atoms. The predicted molar refractivity (Wildman–Crippen MR) is 68.9 cm³/mol. The Bertz CT molecular complexity index is 462. The number of carbonyl (C=O) groups excluding carboxylic acids is 2. The molecule has 1 fully saturated rings. The highest BCUT2D eigenvalue weighted by Gasteiger charge is 2.40. The van der Waals surface area contributed by atoms with Gasteiger partial charge in [-0.05, 0) is 12.1 Å². The third-order valence-electron chi connectivity index (χ3n) is 3.03. The van der Waals surface area contributed by atoms with E-state index in [0.717, 1.165) is 0 Å². The minimum absolute atomic E-state index is 0.0980. The number of nitrogens with zero attached hydrogens (tertiary/aromatic N) is 1. The second kappa shape index (κ2) is 4.44. The van der Waals surface area contributed by atoms with Crippen molar-refractivity contribution >= 4 is 11.8 Å². The first kappa shape index (κ1) is 12.6. The minimum Gasteiger partial charge on any atom is -0.334 e. The van der Waals surface area contributed by atoms with Gasteiger partial charge in [0.2, 0.25) is 5.91 Å². The van der Waals surface area contributed by atoms with Crippen molar-refractivity contribution in [2.24, 2.45) is 5.41 Å². The molecular weight excluding hydrogens is 228 g/mol. The maximum absolute atomic E-state index is 12.4. The number of amides is 2. The Morgan fingerprint density at radius 3 is 2.44 bits per heavy atom. The standard InChI is InChI=1S/C14H18N2O2/c1-14(2,3)13-15-11(17)9-16(13)12(18)10-7-5-4-6-8-10/h4-8,13H,9H2,1-3H3,(H,15,17)/t13-/m1/s1. The Morgan fingerprint density at radius 1 is 1.28 bits per heavy atom. The van der Waals surface area contributed by atoms with E-state index in [1.807, 2.05) is 39.0 Å². The lowest BCUT2D eigenvalue weighted by atomic mass is 9.91. The van der Waals surface area contributed by atoms with Gasteiger partial charge in [-0.15, -0.1) is 0 Å². The summed E-state index contributed by atoms with van der Waals surface area (Å²) in [6.07, 6.45) is -0.252. The Hall–Kier alpha value is -1.84. The van der Waals surface area contributed by atoms with Crippen LogP contribution in [0.5, 0.6) is 0 Å². The SMILES string of the molecule is CC(C)(C)[C@@H]1NC(=O)CN1C(=O)c1ccccc1. The molecule has 0 bridgehead atoms. The van der Waals surface area contributed by atoms with Crippen LogP contribution in [-0.4, -0.2) is 29.4 Å². The fourth-order valence-corrected chi connectivity index (χ4v) is 2.14. The van der Waals surface area contributed by atoms with Gasteiger partial charge in [0, 0.05) is 11.0 Å². The monoisotopic (exact) mass is 246 g/mol. The molecule has 0 aromatic heterocycles. The van der Waals surface area contributed by atoms with Gasteiger partial charge in [-0.25, -0.2) is 0 Å². The Kier molecular flexibility index (Phi) is 3.11. The van der Waals surface area contributed by atoms with Gasteiger partial charge in [0.05, 0.1) is 0 Å². The molecule has 4 nitrogen and oxygen atoms in total. The van der Waals surface area contributed by atoms with Crippen molar-refractivity contribution in [3.05, 3.63) is 35.9 Å². The van der Waals surface area contributed by atoms with Crippen molar-refractivity contribution in [2.45, 2.75) is 26.9 Å². The lowest BCUT2D eigenvalue weighted by Gasteiger charge is -2.33. The zero-order chi connectivity index (χ0) is 13.3. The van der Waals surface area contributed by atoms with Crippen LogP contribution in [0.25, 0.3) is 0 Å². The third kappa shape index (κ3) is 2.37. The molecule has 1 N–H and O–H groups in total. The number of hydrogen-bond donors (Lipinski definition) is 1. The molecule has 1 aromatic carbocycles. The highest BCUT2D eigenvalue weighted by Crippen LogP contribution is 2.26. The van der Waals surface area contributed by atoms with Crippen LogP contribution in [0.3, 0.4) is 0 Å². The molecule has 0 spiro atoms. The summed E-state index contributed by atoms with van der Waals surface area (Å²) in [5.41, 5.74) is 0.430. The van der Waals surface area contributed by atoms with E-state index in [4.69, 9.17) is 0 Å². The first-order valence-corrected chi connectivity index (χ1v) is 6.05. The first-order valence-electron chi connectivity index (χ1n) is 6.05. The molecule has 0 unspecified atom stereocenters. The van der Waals surface area contributed by atoms with E-state index in [0.29, 0.717) is 5.56 Å². The van der Waals surface area contributed by atoms with Crippen LogP contribution in [0, 0.1) is 5.41 Å². The maximum Gasteiger partial charge on any atom is 0.255 e. The molecule has 1 atom stereocenters. The van der Waals surface area contributed by atoms with Crippen molar-refractivity contribution in [2.75, 3.05) is 6.54 Å². The normalized spacial score (nSPS) is 19.8. The van der Waals surface area contributed by atoms with Crippen molar-refractivity contribution in [1.82, 2.24) is 10.2 Å². The summed E-state index contributed by atoms with van der Waals surface area (Å²) < 4.78 is 0. The second-order valence-corrected chi connectivity index (χ2v) is 5.64. The zero-order valence-corrected chi connectivity index (χ0v) is 10.9. The molecule has 1 aromatic rings. The van der Waals surface area contributed by atoms with E-state index >= 15 is 0 Å². The van der Waals surface area contributed by atoms with Gasteiger partial charge in [-0.2, -0.15) is 0 Å². The zero-order valence-electron chi connectivity index (χ0n) is 10.9. The van der Waals surface area contributed by atoms with Crippen molar-refractivity contribution < 1.29 is 9.59 Å². The smallest absolute Gasteiger partial charge is 0.255 e. The summed E-state index contributed by atoms with van der Waals surface area (Å²) in [4.78, 5) is 25.5. The van der Waals surface area contributed by atoms with Gasteiger partial charge in [0.1, 0.15) is 12.7 Å². The van der Waals surface area contributed by atoms with Gasteiger partial charge in [0.15, 0.2) is 0 Å². The van der Waals surface area contributed by atoms with E-state index in [2.05, 4.69) is 5.32 Å². The number of hydrogen-bond acceptors (Lipinski definition) is 2. The molecule has 2 rings (SSSR count). The van der Waals surface area contributed by atoms with Crippen LogP contribution < -0.4 is 5.32 Å². The van der Waals surface area contributed by atoms with Crippen LogP contribution in [0.1, 0.15) is 31.1 Å². The molecule has 1 aliphatic heterocycles. The maximum atomic E-state index is 12.4. The van der Waals surface area contributed by atoms with Crippen LogP contribution in [0.2, 0.25) is 0 Å². The van der Waals surface area contributed by atoms with Crippen LogP contribution in [0.4, 0.5) is 0 Å². The quantitative estimate of drug-likeness (QED) is 0.818. The summed E-state index contributed by atoms with van der Waals surface area (Å²) in [5, 5.41) is 2.86. The summed E-state index contributed by atoms with van der Waals surface area (Å²) >= 11 is 0. The van der Waals surface area contributed by atoms with Crippen LogP contribution >= 0.6 is 0 Å². The van der Waals surface area contributed by atoms with Gasteiger partial charge in [0.25, 0.3) is 5.91 Å². The molecule has 4 heteroatoms. The van der Waals surface area contributed by atoms with Crippen LogP contribution in [-0.2, 0) is 4.79 Å². The van der Waals surface area contributed by atoms with Crippen molar-refractivity contribution in [1.29, 1.82) is 0 Å². The molecule has 0 aliphatic carbocycles. The average molecular weight is 246 g/mol. The Morgan fingerprint density at radius 2 is 1.89 bits per heavy atom. The Balaban J connectivity index is 2.27. The molecule has 0 radical (unpaired) electrons. The topological polar surface area (TPSA) is 49.4 Å². The van der Waals surface area contributed by atoms with Crippen molar-refractivity contribution in [3.63, 3.8) is 0 Å². The van der Waals surface area contributed by atoms with Gasteiger partial charge in [-0.1, -0.05) is 39.0 Å². The summed E-state index contributed by atoms with van der Waals surface area (Å²) in [7, 11) is 0. The molecule has 2 amide bonds. The minimum atomic E-state index is -0.252. The van der Waals surface area contributed by atoms with Crippen LogP contribution in [0.15, 0.2) is 30.3 Å². The lowest BCUT2D eigenvalue weighted by molar-refractivity contribution is -0.118. The van der Waals surface area contributed by atoms with Gasteiger partial charge >= 0.3 is 0 Å². The highest BCUT2D eigenvalue weighted by atomic mass is 16.2. The lowest BCUT2D eigenvalue weighted by Crippen LogP contribution is -2.48. The number of nitrogens with one attached hydrogen (secondary N) is 1. The molecule has 0 saturated carbocycles. The molecular formula is C14H18N2O2. The summed E-state index contributed by atoms with van der Waals surface area (Å²) in [6, 6.07) is 9.05. The fourth-order valence-electron chi connectivity index (χ4n) is 2.14. The van der Waals surface area contributed by atoms with Gasteiger partial charge in [-0.3, -0.25) is 9.59 Å². The third-order valence-corrected chi connectivity index (χ3v) is 3.03. The molecule has 96 valence electrons. The predicted octanol–water partition coefficient (Wildman–Crippen LogP) is 1.63. The number of rotatable bonds is 1. The fraction of sp³-hybridized carbons (Fsp3) is 0.429. The molecule has 1 aliphatic rings. The number of carbonyl (C=O) groups is 2. The van der Waals surface area contributed by atoms with E-state index in [9.17, 15) is 9.59 Å². The summed E-state index contributed by atoms with van der Waals surface area (Å²) in [6.45, 7) is 6.16. The van der Waals surface area contributed by atoms with E-state index in [1.54, 1.807) is 17.0 Å². The molecule has 1 saturated heterocycles. The average Bonchev–Trinajstić information content (AvgIpc) is 2.71. The highest BCUT2D eigenvalue weighted by molar-refractivity contribution is 5.98. The number of benzene rings is 1. The van der Waals surface area contributed by atoms with E-state index in [1.165, 1.54) is 0 Å². The van der Waals surface area contributed by atoms with Gasteiger partial charge < -0.3 is 10.2 Å². The molecule has 1 heterocycles. The summed E-state index contributed by atoms with van der Waals surface area (Å²) in [5.74, 6) is -0.201. The first-order chi connectivity index (χ1) is 8.39. The van der Waals surface area contributed by atoms with E-state index < -0.39 is 0 Å². The second-order valence-electron chi connectivity index (χ2n) is 5.64. The largest absolute Gasteiger partial charge is 0.334 e.